The molecule has 1 aromatic rings. The van der Waals surface area contributed by atoms with Crippen molar-refractivity contribution >= 4 is 10.0 Å². The lowest BCUT2D eigenvalue weighted by Gasteiger charge is -2.16. The number of unbranched alkanes of at least 4 members (excludes halogenated alkanes) is 1. The van der Waals surface area contributed by atoms with Gasteiger partial charge in [0.1, 0.15) is 0 Å². The van der Waals surface area contributed by atoms with Crippen LogP contribution in [0.3, 0.4) is 0 Å². The molecule has 4 nitrogen and oxygen atoms in total. The number of sulfonamides is 1. The second kappa shape index (κ2) is 6.50. The molecule has 0 aliphatic heterocycles. The van der Waals surface area contributed by atoms with Gasteiger partial charge in [0, 0.05) is 13.2 Å². The van der Waals surface area contributed by atoms with Crippen molar-refractivity contribution in [3.63, 3.8) is 0 Å². The van der Waals surface area contributed by atoms with Gasteiger partial charge in [-0.3, -0.25) is 0 Å². The first kappa shape index (κ1) is 14.5. The Kier molecular flexibility index (Phi) is 4.96. The summed E-state index contributed by atoms with van der Waals surface area (Å²) in [4.78, 5) is 0.358. The second-order valence-electron chi connectivity index (χ2n) is 4.97. The number of benzene rings is 1. The zero-order chi connectivity index (χ0) is 13.7. The van der Waals surface area contributed by atoms with Crippen molar-refractivity contribution in [3.05, 3.63) is 29.3 Å². The third-order valence-corrected chi connectivity index (χ3v) is 4.97. The minimum atomic E-state index is -3.41. The molecular weight excluding hydrogens is 262 g/mol. The summed E-state index contributed by atoms with van der Waals surface area (Å²) in [5.74, 6) is 0. The van der Waals surface area contributed by atoms with Crippen LogP contribution < -0.4 is 4.72 Å². The first-order valence-electron chi connectivity index (χ1n) is 6.86. The fourth-order valence-corrected chi connectivity index (χ4v) is 3.53. The second-order valence-corrected chi connectivity index (χ2v) is 6.73. The Morgan fingerprint density at radius 3 is 2.58 bits per heavy atom. The van der Waals surface area contributed by atoms with Crippen molar-refractivity contribution in [1.82, 2.24) is 4.72 Å². The van der Waals surface area contributed by atoms with Gasteiger partial charge in [-0.15, -0.1) is 0 Å². The molecule has 0 saturated carbocycles. The van der Waals surface area contributed by atoms with Crippen LogP contribution in [0.15, 0.2) is 23.1 Å². The molecule has 5 heteroatoms. The SMILES string of the molecule is O=S(=O)(NCCCCO)c1ccc2c(c1)CCCC2. The quantitative estimate of drug-likeness (QED) is 0.780. The van der Waals surface area contributed by atoms with Gasteiger partial charge in [-0.1, -0.05) is 6.07 Å². The van der Waals surface area contributed by atoms with Gasteiger partial charge in [-0.2, -0.15) is 0 Å². The van der Waals surface area contributed by atoms with Gasteiger partial charge in [-0.05, 0) is 61.8 Å². The zero-order valence-corrected chi connectivity index (χ0v) is 11.9. The molecule has 2 N–H and O–H groups in total. The molecule has 1 aromatic carbocycles. The number of hydrogen-bond donors (Lipinski definition) is 2. The van der Waals surface area contributed by atoms with Gasteiger partial charge in [0.2, 0.25) is 10.0 Å². The van der Waals surface area contributed by atoms with Crippen LogP contribution in [0.1, 0.15) is 36.8 Å². The third-order valence-electron chi connectivity index (χ3n) is 3.51. The number of hydrogen-bond acceptors (Lipinski definition) is 3. The molecule has 0 radical (unpaired) electrons. The molecule has 1 aliphatic carbocycles. The maximum absolute atomic E-state index is 12.1. The predicted molar refractivity (Wildman–Crippen MR) is 74.6 cm³/mol. The topological polar surface area (TPSA) is 66.4 Å². The van der Waals surface area contributed by atoms with Crippen LogP contribution in [0.2, 0.25) is 0 Å². The van der Waals surface area contributed by atoms with Crippen LogP contribution >= 0.6 is 0 Å². The van der Waals surface area contributed by atoms with Gasteiger partial charge < -0.3 is 5.11 Å². The fraction of sp³-hybridized carbons (Fsp3) is 0.571. The van der Waals surface area contributed by atoms with Gasteiger partial charge in [0.15, 0.2) is 0 Å². The predicted octanol–water partition coefficient (Wildman–Crippen LogP) is 1.62. The molecule has 0 spiro atoms. The summed E-state index contributed by atoms with van der Waals surface area (Å²) in [6.07, 6.45) is 5.63. The Balaban J connectivity index is 2.07. The molecule has 0 amide bonds. The minimum Gasteiger partial charge on any atom is -0.396 e. The largest absolute Gasteiger partial charge is 0.396 e. The summed E-state index contributed by atoms with van der Waals surface area (Å²) in [6, 6.07) is 5.44. The highest BCUT2D eigenvalue weighted by Crippen LogP contribution is 2.23. The Labute approximate surface area is 114 Å². The lowest BCUT2D eigenvalue weighted by molar-refractivity contribution is 0.285. The van der Waals surface area contributed by atoms with E-state index in [0.29, 0.717) is 24.3 Å². The molecule has 106 valence electrons. The Hall–Kier alpha value is -0.910. The van der Waals surface area contributed by atoms with E-state index in [1.54, 1.807) is 6.07 Å². The third kappa shape index (κ3) is 3.78. The first-order valence-corrected chi connectivity index (χ1v) is 8.34. The molecule has 0 fully saturated rings. The number of aryl methyl sites for hydroxylation is 2. The summed E-state index contributed by atoms with van der Waals surface area (Å²) in [5.41, 5.74) is 2.45. The van der Waals surface area contributed by atoms with Crippen molar-refractivity contribution in [2.75, 3.05) is 13.2 Å². The standard InChI is InChI=1S/C14H21NO3S/c16-10-4-3-9-15-19(17,18)14-8-7-12-5-1-2-6-13(12)11-14/h7-8,11,15-16H,1-6,9-10H2. The van der Waals surface area contributed by atoms with Gasteiger partial charge in [0.05, 0.1) is 4.90 Å². The van der Waals surface area contributed by atoms with Crippen LogP contribution in [0.25, 0.3) is 0 Å². The van der Waals surface area contributed by atoms with Gasteiger partial charge in [0.25, 0.3) is 0 Å². The summed E-state index contributed by atoms with van der Waals surface area (Å²) in [6.45, 7) is 0.473. The average Bonchev–Trinajstić information content (AvgIpc) is 2.43. The molecule has 2 rings (SSSR count). The van der Waals surface area contributed by atoms with E-state index in [1.165, 1.54) is 17.5 Å². The Morgan fingerprint density at radius 1 is 1.11 bits per heavy atom. The number of aliphatic hydroxyl groups is 1. The fourth-order valence-electron chi connectivity index (χ4n) is 2.40. The molecular formula is C14H21NO3S. The van der Waals surface area contributed by atoms with Gasteiger partial charge >= 0.3 is 0 Å². The van der Waals surface area contributed by atoms with E-state index in [1.807, 2.05) is 12.1 Å². The molecule has 19 heavy (non-hydrogen) atoms. The lowest BCUT2D eigenvalue weighted by atomic mass is 9.92. The van der Waals surface area contributed by atoms with Crippen LogP contribution in [-0.2, 0) is 22.9 Å². The van der Waals surface area contributed by atoms with Gasteiger partial charge in [-0.25, -0.2) is 13.1 Å². The minimum absolute atomic E-state index is 0.0978. The smallest absolute Gasteiger partial charge is 0.240 e. The highest BCUT2D eigenvalue weighted by molar-refractivity contribution is 7.89. The van der Waals surface area contributed by atoms with Crippen LogP contribution in [0.4, 0.5) is 0 Å². The van der Waals surface area contributed by atoms with Crippen LogP contribution in [-0.4, -0.2) is 26.7 Å². The van der Waals surface area contributed by atoms with Crippen molar-refractivity contribution < 1.29 is 13.5 Å². The molecule has 0 unspecified atom stereocenters. The number of fused-ring (bicyclic) bond motifs is 1. The van der Waals surface area contributed by atoms with Crippen molar-refractivity contribution in [2.24, 2.45) is 0 Å². The van der Waals surface area contributed by atoms with Crippen molar-refractivity contribution in [3.8, 4) is 0 Å². The highest BCUT2D eigenvalue weighted by Gasteiger charge is 2.16. The van der Waals surface area contributed by atoms with Crippen LogP contribution in [0.5, 0.6) is 0 Å². The maximum atomic E-state index is 12.1. The van der Waals surface area contributed by atoms with E-state index in [2.05, 4.69) is 4.72 Å². The lowest BCUT2D eigenvalue weighted by Crippen LogP contribution is -2.25. The molecule has 0 saturated heterocycles. The van der Waals surface area contributed by atoms with Crippen molar-refractivity contribution in [2.45, 2.75) is 43.4 Å². The maximum Gasteiger partial charge on any atom is 0.240 e. The van der Waals surface area contributed by atoms with E-state index in [0.717, 1.165) is 19.3 Å². The van der Waals surface area contributed by atoms with E-state index < -0.39 is 10.0 Å². The van der Waals surface area contributed by atoms with E-state index in [4.69, 9.17) is 5.11 Å². The molecule has 0 bridgehead atoms. The number of aliphatic hydroxyl groups excluding tert-OH is 1. The Bertz CT molecular complexity index is 525. The summed E-state index contributed by atoms with van der Waals surface area (Å²) in [7, 11) is -3.41. The molecule has 0 atom stereocenters. The van der Waals surface area contributed by atoms with E-state index in [9.17, 15) is 8.42 Å². The average molecular weight is 283 g/mol. The normalized spacial score (nSPS) is 15.2. The summed E-state index contributed by atoms with van der Waals surface area (Å²) in [5, 5.41) is 8.67. The number of nitrogens with one attached hydrogen (secondary N) is 1. The Morgan fingerprint density at radius 2 is 1.84 bits per heavy atom. The summed E-state index contributed by atoms with van der Waals surface area (Å²) >= 11 is 0. The molecule has 1 aliphatic rings. The summed E-state index contributed by atoms with van der Waals surface area (Å²) < 4.78 is 26.8. The van der Waals surface area contributed by atoms with E-state index in [-0.39, 0.29) is 6.61 Å². The molecule has 0 aromatic heterocycles. The zero-order valence-electron chi connectivity index (χ0n) is 11.1. The van der Waals surface area contributed by atoms with Crippen LogP contribution in [0, 0.1) is 0 Å². The highest BCUT2D eigenvalue weighted by atomic mass is 32.2. The monoisotopic (exact) mass is 283 g/mol. The first-order chi connectivity index (χ1) is 9.13. The molecule has 0 heterocycles. The number of rotatable bonds is 6. The van der Waals surface area contributed by atoms with Crippen molar-refractivity contribution in [1.29, 1.82) is 0 Å². The van der Waals surface area contributed by atoms with E-state index >= 15 is 0 Å².